The van der Waals surface area contributed by atoms with Crippen molar-refractivity contribution in [2.75, 3.05) is 7.11 Å². The van der Waals surface area contributed by atoms with Gasteiger partial charge >= 0.3 is 7.60 Å². The van der Waals surface area contributed by atoms with Crippen LogP contribution in [0.4, 0.5) is 0 Å². The van der Waals surface area contributed by atoms with Crippen LogP contribution in [0.15, 0.2) is 54.6 Å². The zero-order valence-electron chi connectivity index (χ0n) is 10.3. The van der Waals surface area contributed by atoms with Crippen LogP contribution in [0, 0.1) is 0 Å². The summed E-state index contributed by atoms with van der Waals surface area (Å²) >= 11 is 0. The van der Waals surface area contributed by atoms with Gasteiger partial charge in [-0.25, -0.2) is 0 Å². The molecular formula is C14H13O4P. The first-order chi connectivity index (χ1) is 9.06. The highest BCUT2D eigenvalue weighted by atomic mass is 31.2. The average molecular weight is 276 g/mol. The molecule has 0 spiro atoms. The minimum absolute atomic E-state index is 0.0198. The van der Waals surface area contributed by atoms with E-state index < -0.39 is 7.60 Å². The Hall–Kier alpha value is -1.74. The van der Waals surface area contributed by atoms with Gasteiger partial charge in [-0.3, -0.25) is 9.36 Å². The fourth-order valence-electron chi connectivity index (χ4n) is 1.76. The Morgan fingerprint density at radius 1 is 1.05 bits per heavy atom. The maximum Gasteiger partial charge on any atom is 0.359 e. The highest BCUT2D eigenvalue weighted by Gasteiger charge is 2.27. The zero-order chi connectivity index (χ0) is 13.9. The molecule has 0 aliphatic heterocycles. The van der Waals surface area contributed by atoms with Gasteiger partial charge in [-0.05, 0) is 6.07 Å². The van der Waals surface area contributed by atoms with Crippen molar-refractivity contribution in [2.45, 2.75) is 0 Å². The normalized spacial score (nSPS) is 13.8. The Kier molecular flexibility index (Phi) is 3.96. The Morgan fingerprint density at radius 2 is 1.63 bits per heavy atom. The average Bonchev–Trinajstić information content (AvgIpc) is 2.47. The molecule has 2 aromatic carbocycles. The topological polar surface area (TPSA) is 63.6 Å². The standard InChI is InChI=1S/C14H13O4P/c1-18-19(16,17)13-10-6-5-9-12(13)14(15)11-7-3-2-4-8-11/h2-10H,1H3,(H,16,17). The smallest absolute Gasteiger partial charge is 0.321 e. The van der Waals surface area contributed by atoms with Crippen LogP contribution in [-0.2, 0) is 9.09 Å². The predicted molar refractivity (Wildman–Crippen MR) is 72.8 cm³/mol. The first-order valence-corrected chi connectivity index (χ1v) is 7.22. The molecule has 0 amide bonds. The number of benzene rings is 2. The van der Waals surface area contributed by atoms with E-state index in [1.54, 1.807) is 42.5 Å². The minimum Gasteiger partial charge on any atom is -0.321 e. The first-order valence-electron chi connectivity index (χ1n) is 5.64. The van der Waals surface area contributed by atoms with Gasteiger partial charge in [-0.2, -0.15) is 0 Å². The van der Waals surface area contributed by atoms with Crippen LogP contribution in [-0.4, -0.2) is 17.8 Å². The Labute approximate surface area is 111 Å². The number of ketones is 1. The second-order valence-electron chi connectivity index (χ2n) is 3.92. The third-order valence-electron chi connectivity index (χ3n) is 2.74. The van der Waals surface area contributed by atoms with Crippen LogP contribution < -0.4 is 5.30 Å². The zero-order valence-corrected chi connectivity index (χ0v) is 11.2. The summed E-state index contributed by atoms with van der Waals surface area (Å²) < 4.78 is 16.5. The number of carbonyl (C=O) groups excluding carboxylic acids is 1. The lowest BCUT2D eigenvalue weighted by molar-refractivity contribution is 0.103. The molecule has 19 heavy (non-hydrogen) atoms. The molecule has 0 radical (unpaired) electrons. The van der Waals surface area contributed by atoms with Gasteiger partial charge in [-0.1, -0.05) is 48.5 Å². The summed E-state index contributed by atoms with van der Waals surface area (Å²) in [5.74, 6) is -0.303. The van der Waals surface area contributed by atoms with Crippen LogP contribution in [0.25, 0.3) is 0 Å². The van der Waals surface area contributed by atoms with Crippen LogP contribution in [0.5, 0.6) is 0 Å². The van der Waals surface area contributed by atoms with E-state index in [0.717, 1.165) is 7.11 Å². The molecule has 0 aliphatic carbocycles. The van der Waals surface area contributed by atoms with Gasteiger partial charge in [0.1, 0.15) is 0 Å². The van der Waals surface area contributed by atoms with Crippen molar-refractivity contribution in [3.8, 4) is 0 Å². The molecule has 1 unspecified atom stereocenters. The monoisotopic (exact) mass is 276 g/mol. The molecule has 0 fully saturated rings. The molecule has 0 aliphatic rings. The van der Waals surface area contributed by atoms with Crippen molar-refractivity contribution in [1.82, 2.24) is 0 Å². The molecule has 5 heteroatoms. The number of carbonyl (C=O) groups is 1. The van der Waals surface area contributed by atoms with Crippen molar-refractivity contribution < 1.29 is 18.8 Å². The van der Waals surface area contributed by atoms with E-state index in [1.165, 1.54) is 12.1 Å². The van der Waals surface area contributed by atoms with Crippen molar-refractivity contribution in [3.63, 3.8) is 0 Å². The molecule has 0 saturated heterocycles. The summed E-state index contributed by atoms with van der Waals surface area (Å²) in [6.07, 6.45) is 0. The van der Waals surface area contributed by atoms with Gasteiger partial charge in [0.2, 0.25) is 0 Å². The maximum atomic E-state index is 12.3. The molecule has 0 bridgehead atoms. The fraction of sp³-hybridized carbons (Fsp3) is 0.0714. The summed E-state index contributed by atoms with van der Waals surface area (Å²) in [7, 11) is -2.82. The summed E-state index contributed by atoms with van der Waals surface area (Å²) in [5, 5.41) is 0.0198. The van der Waals surface area contributed by atoms with Crippen molar-refractivity contribution in [3.05, 3.63) is 65.7 Å². The predicted octanol–water partition coefficient (Wildman–Crippen LogP) is 2.37. The highest BCUT2D eigenvalue weighted by Crippen LogP contribution is 2.40. The molecule has 2 aromatic rings. The van der Waals surface area contributed by atoms with Crippen molar-refractivity contribution in [1.29, 1.82) is 0 Å². The van der Waals surface area contributed by atoms with Gasteiger partial charge in [0.25, 0.3) is 0 Å². The van der Waals surface area contributed by atoms with Crippen LogP contribution in [0.3, 0.4) is 0 Å². The Morgan fingerprint density at radius 3 is 2.26 bits per heavy atom. The largest absolute Gasteiger partial charge is 0.359 e. The van der Waals surface area contributed by atoms with Crippen molar-refractivity contribution >= 4 is 18.7 Å². The molecule has 2 rings (SSSR count). The number of rotatable bonds is 4. The lowest BCUT2D eigenvalue weighted by atomic mass is 10.0. The molecule has 1 N–H and O–H groups in total. The molecule has 0 saturated carbocycles. The lowest BCUT2D eigenvalue weighted by Crippen LogP contribution is -2.17. The van der Waals surface area contributed by atoms with E-state index in [0.29, 0.717) is 5.56 Å². The van der Waals surface area contributed by atoms with Gasteiger partial charge in [0, 0.05) is 18.2 Å². The summed E-state index contributed by atoms with van der Waals surface area (Å²) in [5.41, 5.74) is 0.646. The molecular weight excluding hydrogens is 263 g/mol. The van der Waals surface area contributed by atoms with E-state index in [1.807, 2.05) is 0 Å². The highest BCUT2D eigenvalue weighted by molar-refractivity contribution is 7.61. The van der Waals surface area contributed by atoms with Gasteiger partial charge in [0.15, 0.2) is 5.78 Å². The second-order valence-corrected chi connectivity index (χ2v) is 5.80. The van der Waals surface area contributed by atoms with E-state index in [-0.39, 0.29) is 16.7 Å². The third kappa shape index (κ3) is 2.82. The quantitative estimate of drug-likeness (QED) is 0.688. The first kappa shape index (κ1) is 13.7. The molecule has 4 nitrogen and oxygen atoms in total. The van der Waals surface area contributed by atoms with E-state index in [4.69, 9.17) is 0 Å². The van der Waals surface area contributed by atoms with E-state index in [9.17, 15) is 14.3 Å². The maximum absolute atomic E-state index is 12.3. The second kappa shape index (κ2) is 5.49. The van der Waals surface area contributed by atoms with Gasteiger partial charge in [0.05, 0.1) is 5.30 Å². The number of hydrogen-bond donors (Lipinski definition) is 1. The van der Waals surface area contributed by atoms with Gasteiger partial charge in [-0.15, -0.1) is 0 Å². The van der Waals surface area contributed by atoms with E-state index in [2.05, 4.69) is 4.52 Å². The van der Waals surface area contributed by atoms with Crippen LogP contribution >= 0.6 is 7.60 Å². The molecule has 0 aromatic heterocycles. The summed E-state index contributed by atoms with van der Waals surface area (Å²) in [4.78, 5) is 22.1. The fourth-order valence-corrected chi connectivity index (χ4v) is 2.71. The van der Waals surface area contributed by atoms with Crippen LogP contribution in [0.2, 0.25) is 0 Å². The van der Waals surface area contributed by atoms with Crippen molar-refractivity contribution in [2.24, 2.45) is 0 Å². The minimum atomic E-state index is -3.96. The van der Waals surface area contributed by atoms with Gasteiger partial charge < -0.3 is 9.42 Å². The van der Waals surface area contributed by atoms with Crippen LogP contribution in [0.1, 0.15) is 15.9 Å². The van der Waals surface area contributed by atoms with E-state index >= 15 is 0 Å². The molecule has 0 heterocycles. The SMILES string of the molecule is COP(=O)(O)c1ccccc1C(=O)c1ccccc1. The third-order valence-corrected chi connectivity index (χ3v) is 4.23. The lowest BCUT2D eigenvalue weighted by Gasteiger charge is -2.13. The molecule has 1 atom stereocenters. The number of hydrogen-bond acceptors (Lipinski definition) is 3. The summed E-state index contributed by atoms with van der Waals surface area (Å²) in [6.45, 7) is 0. The summed E-state index contributed by atoms with van der Waals surface area (Å²) in [6, 6.07) is 14.8. The Bertz CT molecular complexity index is 637. The molecule has 98 valence electrons. The Balaban J connectivity index is 2.53.